The van der Waals surface area contributed by atoms with E-state index in [0.717, 1.165) is 22.2 Å². The van der Waals surface area contributed by atoms with Gasteiger partial charge in [-0.05, 0) is 45.7 Å². The number of ether oxygens (including phenoxy) is 2. The number of carbonyl (C=O) groups is 2. The summed E-state index contributed by atoms with van der Waals surface area (Å²) in [4.78, 5) is 26.9. The average molecular weight is 346 g/mol. The Morgan fingerprint density at radius 1 is 1.20 bits per heavy atom. The minimum atomic E-state index is -0.528. The Morgan fingerprint density at radius 3 is 2.60 bits per heavy atom. The molecule has 1 aromatic heterocycles. The average Bonchev–Trinajstić information content (AvgIpc) is 2.83. The topological polar surface area (TPSA) is 80.4 Å². The molecule has 0 atom stereocenters. The number of hydrogen-bond donors (Lipinski definition) is 2. The standard InChI is InChI=1S/C19H26N2O4/c1-5-24-17(22)12-16-14(13-8-6-7-9-15(13)21-16)10-11-20-18(23)25-19(2,3)4/h6-9,21H,5,10-12H2,1-4H3,(H,20,23). The van der Waals surface area contributed by atoms with Crippen LogP contribution in [-0.4, -0.2) is 35.8 Å². The second-order valence-corrected chi connectivity index (χ2v) is 6.79. The van der Waals surface area contributed by atoms with Gasteiger partial charge in [-0.1, -0.05) is 18.2 Å². The van der Waals surface area contributed by atoms with Crippen LogP contribution in [0.2, 0.25) is 0 Å². The third-order valence-corrected chi connectivity index (χ3v) is 3.57. The van der Waals surface area contributed by atoms with Crippen molar-refractivity contribution in [3.05, 3.63) is 35.5 Å². The number of nitrogens with one attached hydrogen (secondary N) is 2. The normalized spacial score (nSPS) is 11.4. The minimum absolute atomic E-state index is 0.185. The molecule has 0 radical (unpaired) electrons. The zero-order chi connectivity index (χ0) is 18.4. The number of benzene rings is 1. The van der Waals surface area contributed by atoms with Gasteiger partial charge in [-0.2, -0.15) is 0 Å². The number of H-pyrrole nitrogens is 1. The second-order valence-electron chi connectivity index (χ2n) is 6.79. The molecule has 136 valence electrons. The molecule has 25 heavy (non-hydrogen) atoms. The van der Waals surface area contributed by atoms with E-state index in [0.29, 0.717) is 19.6 Å². The van der Waals surface area contributed by atoms with E-state index in [1.54, 1.807) is 6.92 Å². The second kappa shape index (κ2) is 8.05. The van der Waals surface area contributed by atoms with Crippen molar-refractivity contribution in [2.75, 3.05) is 13.2 Å². The van der Waals surface area contributed by atoms with Crippen LogP contribution in [0.3, 0.4) is 0 Å². The van der Waals surface area contributed by atoms with E-state index in [2.05, 4.69) is 10.3 Å². The molecule has 0 bridgehead atoms. The number of aromatic amines is 1. The number of para-hydroxylation sites is 1. The third kappa shape index (κ3) is 5.52. The maximum Gasteiger partial charge on any atom is 0.407 e. The first-order valence-electron chi connectivity index (χ1n) is 8.51. The molecule has 2 N–H and O–H groups in total. The number of carbonyl (C=O) groups excluding carboxylic acids is 2. The molecular weight excluding hydrogens is 320 g/mol. The van der Waals surface area contributed by atoms with Gasteiger partial charge in [0, 0.05) is 23.1 Å². The van der Waals surface area contributed by atoms with Gasteiger partial charge < -0.3 is 19.8 Å². The Bertz CT molecular complexity index is 743. The van der Waals surface area contributed by atoms with Crippen LogP contribution >= 0.6 is 0 Å². The Morgan fingerprint density at radius 2 is 1.92 bits per heavy atom. The van der Waals surface area contributed by atoms with E-state index in [1.807, 2.05) is 45.0 Å². The first-order chi connectivity index (χ1) is 11.8. The fourth-order valence-electron chi connectivity index (χ4n) is 2.65. The molecule has 2 aromatic rings. The van der Waals surface area contributed by atoms with Crippen molar-refractivity contribution in [3.63, 3.8) is 0 Å². The summed E-state index contributed by atoms with van der Waals surface area (Å²) in [5.41, 5.74) is 2.28. The van der Waals surface area contributed by atoms with Crippen molar-refractivity contribution in [3.8, 4) is 0 Å². The molecule has 6 nitrogen and oxygen atoms in total. The minimum Gasteiger partial charge on any atom is -0.466 e. The van der Waals surface area contributed by atoms with Gasteiger partial charge in [-0.25, -0.2) is 4.79 Å². The SMILES string of the molecule is CCOC(=O)Cc1[nH]c2ccccc2c1CCNC(=O)OC(C)(C)C. The lowest BCUT2D eigenvalue weighted by Crippen LogP contribution is -2.33. The smallest absolute Gasteiger partial charge is 0.407 e. The number of fused-ring (bicyclic) bond motifs is 1. The van der Waals surface area contributed by atoms with Crippen LogP contribution < -0.4 is 5.32 Å². The van der Waals surface area contributed by atoms with Gasteiger partial charge in [0.1, 0.15) is 5.60 Å². The number of alkyl carbamates (subject to hydrolysis) is 1. The Kier molecular flexibility index (Phi) is 6.07. The zero-order valence-corrected chi connectivity index (χ0v) is 15.3. The highest BCUT2D eigenvalue weighted by Crippen LogP contribution is 2.23. The van der Waals surface area contributed by atoms with Crippen molar-refractivity contribution in [2.45, 2.75) is 46.1 Å². The van der Waals surface area contributed by atoms with Crippen molar-refractivity contribution >= 4 is 23.0 Å². The molecule has 0 aliphatic heterocycles. The third-order valence-electron chi connectivity index (χ3n) is 3.57. The van der Waals surface area contributed by atoms with E-state index >= 15 is 0 Å². The molecule has 0 fully saturated rings. The number of amides is 1. The largest absolute Gasteiger partial charge is 0.466 e. The first-order valence-corrected chi connectivity index (χ1v) is 8.51. The molecule has 1 aromatic carbocycles. The summed E-state index contributed by atoms with van der Waals surface area (Å²) in [6.07, 6.45) is 0.335. The van der Waals surface area contributed by atoms with E-state index in [4.69, 9.17) is 9.47 Å². The summed E-state index contributed by atoms with van der Waals surface area (Å²) in [5, 5.41) is 3.81. The van der Waals surface area contributed by atoms with Gasteiger partial charge >= 0.3 is 12.1 Å². The monoisotopic (exact) mass is 346 g/mol. The van der Waals surface area contributed by atoms with E-state index in [-0.39, 0.29) is 12.4 Å². The van der Waals surface area contributed by atoms with Crippen LogP contribution in [0, 0.1) is 0 Å². The lowest BCUT2D eigenvalue weighted by molar-refractivity contribution is -0.142. The number of aromatic nitrogens is 1. The molecule has 0 spiro atoms. The summed E-state index contributed by atoms with van der Waals surface area (Å²) in [6, 6.07) is 7.86. The van der Waals surface area contributed by atoms with Crippen LogP contribution in [0.5, 0.6) is 0 Å². The lowest BCUT2D eigenvalue weighted by Gasteiger charge is -2.19. The predicted molar refractivity (Wildman–Crippen MR) is 96.6 cm³/mol. The molecule has 0 saturated carbocycles. The molecule has 0 aliphatic rings. The van der Waals surface area contributed by atoms with Crippen molar-refractivity contribution in [2.24, 2.45) is 0 Å². The van der Waals surface area contributed by atoms with Crippen LogP contribution in [0.25, 0.3) is 10.9 Å². The number of hydrogen-bond acceptors (Lipinski definition) is 4. The zero-order valence-electron chi connectivity index (χ0n) is 15.3. The molecule has 2 rings (SSSR count). The summed E-state index contributed by atoms with van der Waals surface area (Å²) in [5.74, 6) is -0.268. The van der Waals surface area contributed by atoms with Gasteiger partial charge in [-0.15, -0.1) is 0 Å². The van der Waals surface area contributed by atoms with Gasteiger partial charge in [0.05, 0.1) is 13.0 Å². The fourth-order valence-corrected chi connectivity index (χ4v) is 2.65. The highest BCUT2D eigenvalue weighted by atomic mass is 16.6. The summed E-state index contributed by atoms with van der Waals surface area (Å²) in [6.45, 7) is 8.03. The summed E-state index contributed by atoms with van der Waals surface area (Å²) in [7, 11) is 0. The van der Waals surface area contributed by atoms with Gasteiger partial charge in [0.25, 0.3) is 0 Å². The summed E-state index contributed by atoms with van der Waals surface area (Å²) >= 11 is 0. The molecule has 0 saturated heterocycles. The van der Waals surface area contributed by atoms with Crippen LogP contribution in [-0.2, 0) is 27.1 Å². The van der Waals surface area contributed by atoms with Crippen molar-refractivity contribution in [1.82, 2.24) is 10.3 Å². The van der Waals surface area contributed by atoms with Crippen LogP contribution in [0.4, 0.5) is 4.79 Å². The van der Waals surface area contributed by atoms with Crippen LogP contribution in [0.1, 0.15) is 39.0 Å². The summed E-state index contributed by atoms with van der Waals surface area (Å²) < 4.78 is 10.3. The molecular formula is C19H26N2O4. The Hall–Kier alpha value is -2.50. The maximum atomic E-state index is 11.8. The maximum absolute atomic E-state index is 11.8. The highest BCUT2D eigenvalue weighted by molar-refractivity contribution is 5.86. The van der Waals surface area contributed by atoms with E-state index < -0.39 is 11.7 Å². The van der Waals surface area contributed by atoms with Gasteiger partial charge in [0.2, 0.25) is 0 Å². The van der Waals surface area contributed by atoms with Gasteiger partial charge in [0.15, 0.2) is 0 Å². The highest BCUT2D eigenvalue weighted by Gasteiger charge is 2.17. The van der Waals surface area contributed by atoms with E-state index in [9.17, 15) is 9.59 Å². The molecule has 1 heterocycles. The molecule has 0 aliphatic carbocycles. The van der Waals surface area contributed by atoms with E-state index in [1.165, 1.54) is 0 Å². The van der Waals surface area contributed by atoms with Gasteiger partial charge in [-0.3, -0.25) is 4.79 Å². The quantitative estimate of drug-likeness (QED) is 0.786. The fraction of sp³-hybridized carbons (Fsp3) is 0.474. The Labute approximate surface area is 147 Å². The van der Waals surface area contributed by atoms with Crippen LogP contribution in [0.15, 0.2) is 24.3 Å². The van der Waals surface area contributed by atoms with Crippen molar-refractivity contribution < 1.29 is 19.1 Å². The Balaban J connectivity index is 2.10. The molecule has 6 heteroatoms. The first kappa shape index (κ1) is 18.8. The predicted octanol–water partition coefficient (Wildman–Crippen LogP) is 3.34. The lowest BCUT2D eigenvalue weighted by atomic mass is 10.1. The molecule has 1 amide bonds. The number of rotatable bonds is 6. The molecule has 0 unspecified atom stereocenters. The number of esters is 1. The van der Waals surface area contributed by atoms with Crippen molar-refractivity contribution in [1.29, 1.82) is 0 Å².